The van der Waals surface area contributed by atoms with Crippen LogP contribution in [0.3, 0.4) is 0 Å². The summed E-state index contributed by atoms with van der Waals surface area (Å²) in [5.74, 6) is 0.491. The van der Waals surface area contributed by atoms with Crippen molar-refractivity contribution in [1.29, 1.82) is 0 Å². The number of ether oxygens (including phenoxy) is 1. The quantitative estimate of drug-likeness (QED) is 0.887. The lowest BCUT2D eigenvalue weighted by molar-refractivity contribution is 0.187. The minimum Gasteiger partial charge on any atom is -0.383 e. The summed E-state index contributed by atoms with van der Waals surface area (Å²) in [5.41, 5.74) is 0.836. The van der Waals surface area contributed by atoms with Crippen molar-refractivity contribution in [2.75, 3.05) is 25.1 Å². The average Bonchev–Trinajstić information content (AvgIpc) is 3.05. The van der Waals surface area contributed by atoms with Gasteiger partial charge < -0.3 is 10.1 Å². The molecule has 0 bridgehead atoms. The summed E-state index contributed by atoms with van der Waals surface area (Å²) >= 11 is 17.9. The third kappa shape index (κ3) is 3.63. The van der Waals surface area contributed by atoms with Crippen molar-refractivity contribution >= 4 is 40.5 Å². The maximum Gasteiger partial charge on any atom is 0.291 e. The Balaban J connectivity index is 1.81. The predicted molar refractivity (Wildman–Crippen MR) is 92.3 cm³/mol. The fourth-order valence-corrected chi connectivity index (χ4v) is 2.87. The summed E-state index contributed by atoms with van der Waals surface area (Å²) in [6.07, 6.45) is 2.37. The van der Waals surface area contributed by atoms with E-state index < -0.39 is 5.56 Å². The van der Waals surface area contributed by atoms with Crippen LogP contribution in [0.2, 0.25) is 15.1 Å². The Bertz CT molecular complexity index is 773. The smallest absolute Gasteiger partial charge is 0.291 e. The Kier molecular flexibility index (Phi) is 5.11. The van der Waals surface area contributed by atoms with Crippen LogP contribution in [-0.4, -0.2) is 29.5 Å². The molecule has 1 aliphatic heterocycles. The number of nitrogens with one attached hydrogen (secondary N) is 1. The standard InChI is InChI=1S/C15H14Cl3N3O2/c16-11-5-10(21-15(22)14(18)12(17)7-20-21)1-2-13(11)19-6-9-3-4-23-8-9/h1-2,5,7,9,19H,3-4,6,8H2. The second kappa shape index (κ2) is 7.09. The van der Waals surface area contributed by atoms with Crippen molar-refractivity contribution < 1.29 is 4.74 Å². The van der Waals surface area contributed by atoms with Gasteiger partial charge in [0.25, 0.3) is 5.56 Å². The second-order valence-electron chi connectivity index (χ2n) is 5.30. The van der Waals surface area contributed by atoms with E-state index in [0.717, 1.165) is 36.5 Å². The molecule has 23 heavy (non-hydrogen) atoms. The first-order valence-electron chi connectivity index (χ1n) is 7.11. The third-order valence-corrected chi connectivity index (χ3v) is 4.74. The zero-order chi connectivity index (χ0) is 16.4. The lowest BCUT2D eigenvalue weighted by Gasteiger charge is -2.13. The number of rotatable bonds is 4. The van der Waals surface area contributed by atoms with Crippen LogP contribution in [-0.2, 0) is 4.74 Å². The number of aromatic nitrogens is 2. The van der Waals surface area contributed by atoms with Crippen LogP contribution >= 0.6 is 34.8 Å². The van der Waals surface area contributed by atoms with Gasteiger partial charge in [0.05, 0.1) is 34.2 Å². The van der Waals surface area contributed by atoms with Crippen molar-refractivity contribution in [2.45, 2.75) is 6.42 Å². The van der Waals surface area contributed by atoms with Gasteiger partial charge >= 0.3 is 0 Å². The molecule has 1 saturated heterocycles. The van der Waals surface area contributed by atoms with E-state index in [1.54, 1.807) is 12.1 Å². The number of hydrogen-bond donors (Lipinski definition) is 1. The number of benzene rings is 1. The van der Waals surface area contributed by atoms with Gasteiger partial charge in [0.15, 0.2) is 0 Å². The Morgan fingerprint density at radius 1 is 1.30 bits per heavy atom. The van der Waals surface area contributed by atoms with Crippen LogP contribution in [0.4, 0.5) is 5.69 Å². The van der Waals surface area contributed by atoms with Crippen molar-refractivity contribution in [2.24, 2.45) is 5.92 Å². The van der Waals surface area contributed by atoms with Gasteiger partial charge in [-0.2, -0.15) is 9.78 Å². The van der Waals surface area contributed by atoms with Crippen LogP contribution in [0.15, 0.2) is 29.2 Å². The molecule has 3 rings (SSSR count). The van der Waals surface area contributed by atoms with Gasteiger partial charge in [0, 0.05) is 19.1 Å². The molecule has 5 nitrogen and oxygen atoms in total. The lowest BCUT2D eigenvalue weighted by atomic mass is 10.1. The molecular weight excluding hydrogens is 361 g/mol. The molecule has 2 heterocycles. The molecule has 122 valence electrons. The summed E-state index contributed by atoms with van der Waals surface area (Å²) in [5, 5.41) is 7.84. The minimum absolute atomic E-state index is 0.0683. The van der Waals surface area contributed by atoms with Gasteiger partial charge in [0.1, 0.15) is 5.02 Å². The molecule has 1 fully saturated rings. The summed E-state index contributed by atoms with van der Waals surface area (Å²) in [7, 11) is 0. The zero-order valence-electron chi connectivity index (χ0n) is 12.1. The third-order valence-electron chi connectivity index (χ3n) is 3.68. The maximum atomic E-state index is 12.1. The van der Waals surface area contributed by atoms with E-state index in [1.165, 1.54) is 6.20 Å². The predicted octanol–water partition coefficient (Wildman–Crippen LogP) is 3.64. The first-order chi connectivity index (χ1) is 11.1. The van der Waals surface area contributed by atoms with E-state index in [0.29, 0.717) is 16.6 Å². The highest BCUT2D eigenvalue weighted by atomic mass is 35.5. The Labute approximate surface area is 148 Å². The van der Waals surface area contributed by atoms with Crippen LogP contribution in [0, 0.1) is 5.92 Å². The number of hydrogen-bond acceptors (Lipinski definition) is 4. The Morgan fingerprint density at radius 3 is 2.83 bits per heavy atom. The van der Waals surface area contributed by atoms with Crippen LogP contribution in [0.25, 0.3) is 5.69 Å². The SMILES string of the molecule is O=c1c(Cl)c(Cl)cnn1-c1ccc(NCC2CCOC2)c(Cl)c1. The molecule has 0 spiro atoms. The highest BCUT2D eigenvalue weighted by Crippen LogP contribution is 2.26. The van der Waals surface area contributed by atoms with Crippen molar-refractivity contribution in [3.8, 4) is 5.69 Å². The molecule has 8 heteroatoms. The highest BCUT2D eigenvalue weighted by molar-refractivity contribution is 6.41. The average molecular weight is 375 g/mol. The highest BCUT2D eigenvalue weighted by Gasteiger charge is 2.16. The van der Waals surface area contributed by atoms with Crippen molar-refractivity contribution in [3.63, 3.8) is 0 Å². The van der Waals surface area contributed by atoms with Crippen molar-refractivity contribution in [3.05, 3.63) is 49.8 Å². The number of nitrogens with zero attached hydrogens (tertiary/aromatic N) is 2. The maximum absolute atomic E-state index is 12.1. The summed E-state index contributed by atoms with van der Waals surface area (Å²) < 4.78 is 6.51. The largest absolute Gasteiger partial charge is 0.383 e. The summed E-state index contributed by atoms with van der Waals surface area (Å²) in [6, 6.07) is 5.22. The van der Waals surface area contributed by atoms with Crippen LogP contribution in [0.1, 0.15) is 6.42 Å². The number of halogens is 3. The van der Waals surface area contributed by atoms with E-state index >= 15 is 0 Å². The fraction of sp³-hybridized carbons (Fsp3) is 0.333. The molecule has 1 aliphatic rings. The summed E-state index contributed by atoms with van der Waals surface area (Å²) in [6.45, 7) is 2.38. The molecule has 2 aromatic rings. The molecule has 1 unspecified atom stereocenters. The Hall–Kier alpha value is -1.27. The van der Waals surface area contributed by atoms with Gasteiger partial charge in [-0.05, 0) is 24.6 Å². The van der Waals surface area contributed by atoms with E-state index in [9.17, 15) is 4.79 Å². The van der Waals surface area contributed by atoms with E-state index in [-0.39, 0.29) is 10.0 Å². The van der Waals surface area contributed by atoms with Gasteiger partial charge in [-0.1, -0.05) is 34.8 Å². The molecule has 1 aromatic heterocycles. The molecule has 1 N–H and O–H groups in total. The van der Waals surface area contributed by atoms with Gasteiger partial charge in [-0.3, -0.25) is 4.79 Å². The summed E-state index contributed by atoms with van der Waals surface area (Å²) in [4.78, 5) is 12.1. The van der Waals surface area contributed by atoms with Gasteiger partial charge in [-0.25, -0.2) is 0 Å². The molecule has 0 aliphatic carbocycles. The fourth-order valence-electron chi connectivity index (χ4n) is 2.37. The molecular formula is C15H14Cl3N3O2. The monoisotopic (exact) mass is 373 g/mol. The topological polar surface area (TPSA) is 56.2 Å². The first-order valence-corrected chi connectivity index (χ1v) is 8.24. The molecule has 1 aromatic carbocycles. The molecule has 1 atom stereocenters. The van der Waals surface area contributed by atoms with Gasteiger partial charge in [-0.15, -0.1) is 0 Å². The van der Waals surface area contributed by atoms with Gasteiger partial charge in [0.2, 0.25) is 0 Å². The van der Waals surface area contributed by atoms with E-state index in [1.807, 2.05) is 6.07 Å². The molecule has 0 amide bonds. The lowest BCUT2D eigenvalue weighted by Crippen LogP contribution is -2.21. The van der Waals surface area contributed by atoms with E-state index in [4.69, 9.17) is 39.5 Å². The Morgan fingerprint density at radius 2 is 2.13 bits per heavy atom. The van der Waals surface area contributed by atoms with Crippen LogP contribution in [0.5, 0.6) is 0 Å². The second-order valence-corrected chi connectivity index (χ2v) is 6.49. The molecule has 0 radical (unpaired) electrons. The first kappa shape index (κ1) is 16.6. The molecule has 0 saturated carbocycles. The number of anilines is 1. The van der Waals surface area contributed by atoms with E-state index in [2.05, 4.69) is 10.4 Å². The van der Waals surface area contributed by atoms with Crippen molar-refractivity contribution in [1.82, 2.24) is 9.78 Å². The minimum atomic E-state index is -0.487. The van der Waals surface area contributed by atoms with Crippen LogP contribution < -0.4 is 10.9 Å². The normalized spacial score (nSPS) is 17.4. The zero-order valence-corrected chi connectivity index (χ0v) is 14.3.